The highest BCUT2D eigenvalue weighted by molar-refractivity contribution is 6.06. The third-order valence-corrected chi connectivity index (χ3v) is 4.39. The summed E-state index contributed by atoms with van der Waals surface area (Å²) in [6.07, 6.45) is 3.96. The monoisotopic (exact) mass is 347 g/mol. The van der Waals surface area contributed by atoms with Gasteiger partial charge in [0.05, 0.1) is 0 Å². The first-order valence-corrected chi connectivity index (χ1v) is 8.29. The van der Waals surface area contributed by atoms with E-state index >= 15 is 0 Å². The fraction of sp³-hybridized carbons (Fsp3) is 0.100. The van der Waals surface area contributed by atoms with Crippen LogP contribution in [0.1, 0.15) is 0 Å². The third-order valence-electron chi connectivity index (χ3n) is 4.39. The minimum absolute atomic E-state index is 0.0954. The standard InChI is InChI=1S/C20H17N3O3/c24-15-26-19-5-3-4-18(14-19)23-13-12-22(20(23)25)17-8-6-16(7-9-17)21-10-1-2-11-21/h1-11,14-15H,12-13H2. The van der Waals surface area contributed by atoms with Crippen LogP contribution >= 0.6 is 0 Å². The molecular weight excluding hydrogens is 330 g/mol. The van der Waals surface area contributed by atoms with Crippen LogP contribution in [0, 0.1) is 0 Å². The number of ether oxygens (including phenoxy) is 1. The van der Waals surface area contributed by atoms with Crippen molar-refractivity contribution in [2.45, 2.75) is 0 Å². The van der Waals surface area contributed by atoms with Crippen molar-refractivity contribution in [1.82, 2.24) is 4.57 Å². The molecule has 0 unspecified atom stereocenters. The Labute approximate surface area is 150 Å². The quantitative estimate of drug-likeness (QED) is 0.664. The fourth-order valence-corrected chi connectivity index (χ4v) is 3.11. The molecule has 1 saturated heterocycles. The molecular formula is C20H17N3O3. The molecule has 2 amide bonds. The van der Waals surface area contributed by atoms with Crippen LogP contribution in [-0.2, 0) is 4.79 Å². The molecule has 130 valence electrons. The highest BCUT2D eigenvalue weighted by Crippen LogP contribution is 2.28. The van der Waals surface area contributed by atoms with Crippen molar-refractivity contribution in [1.29, 1.82) is 0 Å². The Morgan fingerprint density at radius 3 is 2.15 bits per heavy atom. The van der Waals surface area contributed by atoms with Crippen LogP contribution in [0.4, 0.5) is 16.2 Å². The van der Waals surface area contributed by atoms with Crippen LogP contribution in [0.5, 0.6) is 5.75 Å². The van der Waals surface area contributed by atoms with Gasteiger partial charge in [-0.2, -0.15) is 0 Å². The zero-order valence-electron chi connectivity index (χ0n) is 14.0. The van der Waals surface area contributed by atoms with Crippen molar-refractivity contribution in [2.75, 3.05) is 22.9 Å². The second-order valence-corrected chi connectivity index (χ2v) is 5.90. The van der Waals surface area contributed by atoms with Crippen molar-refractivity contribution >= 4 is 23.9 Å². The highest BCUT2D eigenvalue weighted by Gasteiger charge is 2.30. The molecule has 2 heterocycles. The molecule has 0 spiro atoms. The second-order valence-electron chi connectivity index (χ2n) is 5.90. The Kier molecular flexibility index (Phi) is 4.15. The van der Waals surface area contributed by atoms with E-state index in [1.54, 1.807) is 28.0 Å². The minimum atomic E-state index is -0.0954. The van der Waals surface area contributed by atoms with Crippen molar-refractivity contribution in [3.8, 4) is 11.4 Å². The number of rotatable bonds is 5. The van der Waals surface area contributed by atoms with Crippen molar-refractivity contribution in [3.05, 3.63) is 73.1 Å². The van der Waals surface area contributed by atoms with E-state index in [1.165, 1.54) is 0 Å². The lowest BCUT2D eigenvalue weighted by atomic mass is 10.2. The fourth-order valence-electron chi connectivity index (χ4n) is 3.11. The van der Waals surface area contributed by atoms with E-state index in [0.717, 1.165) is 11.4 Å². The summed E-state index contributed by atoms with van der Waals surface area (Å²) < 4.78 is 6.88. The van der Waals surface area contributed by atoms with E-state index in [4.69, 9.17) is 4.74 Å². The van der Waals surface area contributed by atoms with Gasteiger partial charge in [0.15, 0.2) is 0 Å². The van der Waals surface area contributed by atoms with Crippen LogP contribution < -0.4 is 14.5 Å². The molecule has 0 atom stereocenters. The van der Waals surface area contributed by atoms with Gasteiger partial charge in [0, 0.05) is 48.6 Å². The maximum absolute atomic E-state index is 12.8. The smallest absolute Gasteiger partial charge is 0.329 e. The molecule has 1 aliphatic heterocycles. The van der Waals surface area contributed by atoms with Gasteiger partial charge in [-0.05, 0) is 48.5 Å². The zero-order valence-corrected chi connectivity index (χ0v) is 14.0. The first-order valence-electron chi connectivity index (χ1n) is 8.29. The van der Waals surface area contributed by atoms with E-state index in [2.05, 4.69) is 0 Å². The minimum Gasteiger partial charge on any atom is -0.429 e. The Morgan fingerprint density at radius 1 is 0.808 bits per heavy atom. The molecule has 0 radical (unpaired) electrons. The number of aromatic nitrogens is 1. The van der Waals surface area contributed by atoms with Gasteiger partial charge in [-0.3, -0.25) is 14.6 Å². The summed E-state index contributed by atoms with van der Waals surface area (Å²) in [5.41, 5.74) is 2.61. The van der Waals surface area contributed by atoms with E-state index in [0.29, 0.717) is 31.0 Å². The summed E-state index contributed by atoms with van der Waals surface area (Å²) in [4.78, 5) is 26.8. The van der Waals surface area contributed by atoms with Crippen LogP contribution in [0.2, 0.25) is 0 Å². The number of anilines is 2. The van der Waals surface area contributed by atoms with E-state index in [9.17, 15) is 9.59 Å². The lowest BCUT2D eigenvalue weighted by Gasteiger charge is -2.19. The molecule has 1 aliphatic rings. The molecule has 0 saturated carbocycles. The van der Waals surface area contributed by atoms with Crippen molar-refractivity contribution in [2.24, 2.45) is 0 Å². The molecule has 4 rings (SSSR count). The third kappa shape index (κ3) is 2.93. The molecule has 0 aliphatic carbocycles. The summed E-state index contributed by atoms with van der Waals surface area (Å²) in [6, 6.07) is 18.7. The number of urea groups is 1. The first kappa shape index (κ1) is 16.0. The Morgan fingerprint density at radius 2 is 1.46 bits per heavy atom. The maximum atomic E-state index is 12.8. The summed E-state index contributed by atoms with van der Waals surface area (Å²) >= 11 is 0. The summed E-state index contributed by atoms with van der Waals surface area (Å²) in [5, 5.41) is 0. The number of amides is 2. The van der Waals surface area contributed by atoms with Gasteiger partial charge in [0.2, 0.25) is 0 Å². The van der Waals surface area contributed by atoms with E-state index in [1.807, 2.05) is 59.4 Å². The Hall–Kier alpha value is -3.54. The van der Waals surface area contributed by atoms with Gasteiger partial charge < -0.3 is 9.30 Å². The maximum Gasteiger partial charge on any atom is 0.329 e. The number of carbonyl (C=O) groups is 2. The molecule has 2 aromatic carbocycles. The Bertz CT molecular complexity index is 920. The molecule has 1 fully saturated rings. The number of benzene rings is 2. The average Bonchev–Trinajstić information content (AvgIpc) is 3.32. The average molecular weight is 347 g/mol. The molecule has 3 aromatic rings. The SMILES string of the molecule is O=COc1cccc(N2CCN(c3ccc(-n4cccc4)cc3)C2=O)c1. The van der Waals surface area contributed by atoms with Gasteiger partial charge in [-0.1, -0.05) is 6.07 Å². The molecule has 6 heteroatoms. The van der Waals surface area contributed by atoms with Gasteiger partial charge >= 0.3 is 6.03 Å². The summed E-state index contributed by atoms with van der Waals surface area (Å²) in [6.45, 7) is 1.55. The lowest BCUT2D eigenvalue weighted by Crippen LogP contribution is -2.31. The Balaban J connectivity index is 1.54. The first-order chi connectivity index (χ1) is 12.8. The molecule has 0 N–H and O–H groups in total. The van der Waals surface area contributed by atoms with Gasteiger partial charge in [0.25, 0.3) is 6.47 Å². The van der Waals surface area contributed by atoms with E-state index in [-0.39, 0.29) is 6.03 Å². The zero-order chi connectivity index (χ0) is 17.9. The number of carbonyl (C=O) groups excluding carboxylic acids is 2. The predicted molar refractivity (Wildman–Crippen MR) is 99.0 cm³/mol. The second kappa shape index (κ2) is 6.76. The number of hydrogen-bond acceptors (Lipinski definition) is 3. The van der Waals surface area contributed by atoms with Crippen LogP contribution in [0.25, 0.3) is 5.69 Å². The van der Waals surface area contributed by atoms with Crippen molar-refractivity contribution in [3.63, 3.8) is 0 Å². The van der Waals surface area contributed by atoms with Gasteiger partial charge in [-0.15, -0.1) is 0 Å². The van der Waals surface area contributed by atoms with Crippen molar-refractivity contribution < 1.29 is 14.3 Å². The van der Waals surface area contributed by atoms with Crippen LogP contribution in [0.15, 0.2) is 73.1 Å². The summed E-state index contributed by atoms with van der Waals surface area (Å²) in [7, 11) is 0. The predicted octanol–water partition coefficient (Wildman–Crippen LogP) is 3.46. The van der Waals surface area contributed by atoms with Crippen LogP contribution in [0.3, 0.4) is 0 Å². The normalized spacial score (nSPS) is 13.9. The highest BCUT2D eigenvalue weighted by atomic mass is 16.5. The summed E-state index contributed by atoms with van der Waals surface area (Å²) in [5.74, 6) is 0.417. The number of hydrogen-bond donors (Lipinski definition) is 0. The molecule has 6 nitrogen and oxygen atoms in total. The number of nitrogens with zero attached hydrogens (tertiary/aromatic N) is 3. The molecule has 0 bridgehead atoms. The molecule has 26 heavy (non-hydrogen) atoms. The molecule has 1 aromatic heterocycles. The topological polar surface area (TPSA) is 54.8 Å². The van der Waals surface area contributed by atoms with Gasteiger partial charge in [-0.25, -0.2) is 4.79 Å². The van der Waals surface area contributed by atoms with E-state index < -0.39 is 0 Å². The lowest BCUT2D eigenvalue weighted by molar-refractivity contribution is -0.120. The largest absolute Gasteiger partial charge is 0.429 e. The van der Waals surface area contributed by atoms with Gasteiger partial charge in [0.1, 0.15) is 5.75 Å². The van der Waals surface area contributed by atoms with Crippen LogP contribution in [-0.4, -0.2) is 30.2 Å².